The standard InChI is InChI=1S/C16H10N4OS/c17-9-11-4-3-5-12(8-11)20-16-19-10-14(22-16)15(21)13-6-1-2-7-18-13/h1-8,10H,(H,19,20). The molecule has 5 nitrogen and oxygen atoms in total. The second-order valence-electron chi connectivity index (χ2n) is 4.39. The highest BCUT2D eigenvalue weighted by Gasteiger charge is 2.14. The molecule has 0 aliphatic carbocycles. The number of benzene rings is 1. The van der Waals surface area contributed by atoms with Crippen LogP contribution in [0.1, 0.15) is 20.9 Å². The Labute approximate surface area is 130 Å². The molecule has 0 radical (unpaired) electrons. The number of rotatable bonds is 4. The molecule has 0 unspecified atom stereocenters. The number of nitriles is 1. The molecule has 1 N–H and O–H groups in total. The van der Waals surface area contributed by atoms with Gasteiger partial charge in [-0.2, -0.15) is 5.26 Å². The van der Waals surface area contributed by atoms with E-state index in [1.165, 1.54) is 17.5 Å². The largest absolute Gasteiger partial charge is 0.331 e. The van der Waals surface area contributed by atoms with Crippen LogP contribution in [0.4, 0.5) is 10.8 Å². The van der Waals surface area contributed by atoms with Crippen molar-refractivity contribution in [3.63, 3.8) is 0 Å². The Morgan fingerprint density at radius 1 is 1.18 bits per heavy atom. The van der Waals surface area contributed by atoms with E-state index in [0.29, 0.717) is 21.3 Å². The highest BCUT2D eigenvalue weighted by molar-refractivity contribution is 7.17. The van der Waals surface area contributed by atoms with Gasteiger partial charge in [0.15, 0.2) is 5.13 Å². The molecule has 22 heavy (non-hydrogen) atoms. The number of aromatic nitrogens is 2. The molecule has 1 aromatic carbocycles. The van der Waals surface area contributed by atoms with Crippen LogP contribution in [0.15, 0.2) is 54.9 Å². The van der Waals surface area contributed by atoms with E-state index in [-0.39, 0.29) is 5.78 Å². The average molecular weight is 306 g/mol. The summed E-state index contributed by atoms with van der Waals surface area (Å²) in [5, 5.41) is 12.6. The van der Waals surface area contributed by atoms with Gasteiger partial charge in [0.2, 0.25) is 5.78 Å². The van der Waals surface area contributed by atoms with Crippen molar-refractivity contribution in [2.75, 3.05) is 5.32 Å². The van der Waals surface area contributed by atoms with Crippen molar-refractivity contribution in [3.05, 3.63) is 71.0 Å². The van der Waals surface area contributed by atoms with Crippen molar-refractivity contribution >= 4 is 27.9 Å². The van der Waals surface area contributed by atoms with Crippen molar-refractivity contribution in [2.24, 2.45) is 0 Å². The summed E-state index contributed by atoms with van der Waals surface area (Å²) in [6.45, 7) is 0. The van der Waals surface area contributed by atoms with Gasteiger partial charge in [0.1, 0.15) is 5.69 Å². The number of hydrogen-bond acceptors (Lipinski definition) is 6. The van der Waals surface area contributed by atoms with E-state index in [9.17, 15) is 4.79 Å². The first-order valence-electron chi connectivity index (χ1n) is 6.45. The highest BCUT2D eigenvalue weighted by Crippen LogP contribution is 2.24. The van der Waals surface area contributed by atoms with Gasteiger partial charge in [-0.15, -0.1) is 0 Å². The fraction of sp³-hybridized carbons (Fsp3) is 0. The number of hydrogen-bond donors (Lipinski definition) is 1. The third-order valence-electron chi connectivity index (χ3n) is 2.87. The van der Waals surface area contributed by atoms with Crippen LogP contribution in [0.2, 0.25) is 0 Å². The lowest BCUT2D eigenvalue weighted by Gasteiger charge is -2.01. The van der Waals surface area contributed by atoms with Crippen LogP contribution >= 0.6 is 11.3 Å². The topological polar surface area (TPSA) is 78.7 Å². The molecule has 0 saturated carbocycles. The molecule has 106 valence electrons. The first kappa shape index (κ1) is 13.9. The first-order chi connectivity index (χ1) is 10.8. The predicted molar refractivity (Wildman–Crippen MR) is 84.2 cm³/mol. The molecule has 3 rings (SSSR count). The molecule has 0 atom stereocenters. The summed E-state index contributed by atoms with van der Waals surface area (Å²) in [5.41, 5.74) is 1.71. The van der Waals surface area contributed by atoms with Crippen molar-refractivity contribution < 1.29 is 4.79 Å². The van der Waals surface area contributed by atoms with E-state index in [4.69, 9.17) is 5.26 Å². The molecular formula is C16H10N4OS. The number of nitrogens with zero attached hydrogens (tertiary/aromatic N) is 3. The Morgan fingerprint density at radius 2 is 2.09 bits per heavy atom. The van der Waals surface area contributed by atoms with Crippen molar-refractivity contribution in [1.82, 2.24) is 9.97 Å². The summed E-state index contributed by atoms with van der Waals surface area (Å²) in [7, 11) is 0. The van der Waals surface area contributed by atoms with Gasteiger partial charge in [-0.25, -0.2) is 4.98 Å². The Bertz CT molecular complexity index is 852. The minimum absolute atomic E-state index is 0.156. The summed E-state index contributed by atoms with van der Waals surface area (Å²) in [6, 6.07) is 14.4. The number of anilines is 2. The maximum atomic E-state index is 12.2. The van der Waals surface area contributed by atoms with Crippen LogP contribution in [-0.2, 0) is 0 Å². The van der Waals surface area contributed by atoms with Gasteiger partial charge in [0.25, 0.3) is 0 Å². The monoisotopic (exact) mass is 306 g/mol. The van der Waals surface area contributed by atoms with Crippen LogP contribution in [0.25, 0.3) is 0 Å². The highest BCUT2D eigenvalue weighted by atomic mass is 32.1. The van der Waals surface area contributed by atoms with Crippen LogP contribution < -0.4 is 5.32 Å². The van der Waals surface area contributed by atoms with Gasteiger partial charge in [-0.3, -0.25) is 9.78 Å². The fourth-order valence-electron chi connectivity index (χ4n) is 1.85. The Hall–Kier alpha value is -3.04. The lowest BCUT2D eigenvalue weighted by molar-refractivity contribution is 0.103. The number of carbonyl (C=O) groups is 1. The fourth-order valence-corrected chi connectivity index (χ4v) is 2.64. The summed E-state index contributed by atoms with van der Waals surface area (Å²) in [5.74, 6) is -0.156. The SMILES string of the molecule is N#Cc1cccc(Nc2ncc(C(=O)c3ccccn3)s2)c1. The second kappa shape index (κ2) is 6.16. The van der Waals surface area contributed by atoms with E-state index in [1.807, 2.05) is 6.07 Å². The molecule has 0 fully saturated rings. The number of thiazole rings is 1. The minimum atomic E-state index is -0.156. The second-order valence-corrected chi connectivity index (χ2v) is 5.42. The molecule has 0 amide bonds. The molecule has 0 saturated heterocycles. The normalized spacial score (nSPS) is 9.95. The lowest BCUT2D eigenvalue weighted by Crippen LogP contribution is -2.00. The molecule has 6 heteroatoms. The number of carbonyl (C=O) groups excluding carboxylic acids is 1. The maximum absolute atomic E-state index is 12.2. The van der Waals surface area contributed by atoms with Crippen LogP contribution in [0, 0.1) is 11.3 Å². The van der Waals surface area contributed by atoms with Crippen molar-refractivity contribution in [3.8, 4) is 6.07 Å². The Kier molecular flexibility index (Phi) is 3.90. The van der Waals surface area contributed by atoms with Crippen LogP contribution in [0.5, 0.6) is 0 Å². The Morgan fingerprint density at radius 3 is 2.86 bits per heavy atom. The van der Waals surface area contributed by atoms with E-state index >= 15 is 0 Å². The first-order valence-corrected chi connectivity index (χ1v) is 7.26. The minimum Gasteiger partial charge on any atom is -0.331 e. The molecule has 2 aromatic heterocycles. The number of nitrogens with one attached hydrogen (secondary N) is 1. The number of ketones is 1. The zero-order chi connectivity index (χ0) is 15.4. The third kappa shape index (κ3) is 3.00. The van der Waals surface area contributed by atoms with E-state index in [1.54, 1.807) is 42.6 Å². The number of pyridine rings is 1. The zero-order valence-electron chi connectivity index (χ0n) is 11.4. The van der Waals surface area contributed by atoms with Gasteiger partial charge >= 0.3 is 0 Å². The third-order valence-corrected chi connectivity index (χ3v) is 3.78. The summed E-state index contributed by atoms with van der Waals surface area (Å²) in [4.78, 5) is 21.0. The van der Waals surface area contributed by atoms with Gasteiger partial charge in [-0.1, -0.05) is 23.5 Å². The molecule has 2 heterocycles. The molecule has 0 bridgehead atoms. The van der Waals surface area contributed by atoms with Gasteiger partial charge < -0.3 is 5.32 Å². The summed E-state index contributed by atoms with van der Waals surface area (Å²) in [6.07, 6.45) is 3.11. The maximum Gasteiger partial charge on any atom is 0.222 e. The van der Waals surface area contributed by atoms with E-state index in [2.05, 4.69) is 21.4 Å². The van der Waals surface area contributed by atoms with E-state index < -0.39 is 0 Å². The molecule has 0 spiro atoms. The average Bonchev–Trinajstić information content (AvgIpc) is 3.03. The summed E-state index contributed by atoms with van der Waals surface area (Å²) < 4.78 is 0. The summed E-state index contributed by atoms with van der Waals surface area (Å²) >= 11 is 1.25. The van der Waals surface area contributed by atoms with E-state index in [0.717, 1.165) is 5.69 Å². The zero-order valence-corrected chi connectivity index (χ0v) is 12.2. The van der Waals surface area contributed by atoms with Gasteiger partial charge in [-0.05, 0) is 30.3 Å². The predicted octanol–water partition coefficient (Wildman–Crippen LogP) is 3.38. The lowest BCUT2D eigenvalue weighted by atomic mass is 10.2. The Balaban J connectivity index is 1.79. The van der Waals surface area contributed by atoms with Gasteiger partial charge in [0, 0.05) is 11.9 Å². The molecule has 0 aliphatic heterocycles. The van der Waals surface area contributed by atoms with Gasteiger partial charge in [0.05, 0.1) is 22.7 Å². The molecule has 0 aliphatic rings. The van der Waals surface area contributed by atoms with Crippen LogP contribution in [0.3, 0.4) is 0 Å². The van der Waals surface area contributed by atoms with Crippen molar-refractivity contribution in [2.45, 2.75) is 0 Å². The smallest absolute Gasteiger partial charge is 0.222 e. The molecule has 3 aromatic rings. The van der Waals surface area contributed by atoms with Crippen LogP contribution in [-0.4, -0.2) is 15.8 Å². The molecular weight excluding hydrogens is 296 g/mol. The van der Waals surface area contributed by atoms with Crippen molar-refractivity contribution in [1.29, 1.82) is 5.26 Å². The quantitative estimate of drug-likeness (QED) is 0.747.